The molecule has 6 aliphatic rings. The van der Waals surface area contributed by atoms with E-state index in [1.54, 1.807) is 0 Å². The molecule has 0 radical (unpaired) electrons. The summed E-state index contributed by atoms with van der Waals surface area (Å²) in [7, 11) is -1.75. The minimum Gasteiger partial charge on any atom is -0.329 e. The molecule has 0 bridgehead atoms. The number of hydrogen-bond donors (Lipinski definition) is 0. The smallest absolute Gasteiger partial charge is 0.259 e. The SMILES string of the molecule is CC(C)CN1P(N(C2CCCCC2)C2CCCCC2)OCC12COP(N(C1CCCCC1)C1CCCCC1)OC2. The summed E-state index contributed by atoms with van der Waals surface area (Å²) >= 11 is 0. The van der Waals surface area contributed by atoms with Crippen molar-refractivity contribution in [3.63, 3.8) is 0 Å². The fourth-order valence-electron chi connectivity index (χ4n) is 8.62. The van der Waals surface area contributed by atoms with Gasteiger partial charge in [-0.2, -0.15) is 0 Å². The zero-order valence-corrected chi connectivity index (χ0v) is 27.6. The van der Waals surface area contributed by atoms with E-state index in [9.17, 15) is 0 Å². The second-order valence-corrected chi connectivity index (χ2v) is 17.6. The highest BCUT2D eigenvalue weighted by Crippen LogP contribution is 2.63. The molecule has 6 nitrogen and oxygen atoms in total. The zero-order valence-electron chi connectivity index (χ0n) is 25.8. The van der Waals surface area contributed by atoms with Crippen LogP contribution in [0, 0.1) is 5.92 Å². The maximum atomic E-state index is 7.01. The Morgan fingerprint density at radius 2 is 0.950 bits per heavy atom. The van der Waals surface area contributed by atoms with Gasteiger partial charge in [0.1, 0.15) is 0 Å². The van der Waals surface area contributed by atoms with Crippen molar-refractivity contribution in [2.75, 3.05) is 26.4 Å². The summed E-state index contributed by atoms with van der Waals surface area (Å²) in [4.78, 5) is 0. The van der Waals surface area contributed by atoms with Crippen LogP contribution in [-0.4, -0.2) is 70.1 Å². The molecule has 1 unspecified atom stereocenters. The Morgan fingerprint density at radius 3 is 1.35 bits per heavy atom. The van der Waals surface area contributed by atoms with Gasteiger partial charge in [0.25, 0.3) is 8.53 Å². The van der Waals surface area contributed by atoms with Crippen molar-refractivity contribution in [3.8, 4) is 0 Å². The predicted octanol–water partition coefficient (Wildman–Crippen LogP) is 9.15. The summed E-state index contributed by atoms with van der Waals surface area (Å²) in [6, 6.07) is 2.72. The molecular formula is C32H59N3O3P2. The lowest BCUT2D eigenvalue weighted by molar-refractivity contribution is -0.00485. The number of nitrogens with zero attached hydrogens (tertiary/aromatic N) is 3. The first-order valence-electron chi connectivity index (χ1n) is 17.5. The average molecular weight is 596 g/mol. The molecule has 4 saturated carbocycles. The van der Waals surface area contributed by atoms with E-state index in [2.05, 4.69) is 27.9 Å². The third-order valence-electron chi connectivity index (χ3n) is 10.8. The minimum atomic E-state index is -0.972. The van der Waals surface area contributed by atoms with E-state index < -0.39 is 17.0 Å². The standard InChI is InChI=1S/C32H59N3O3P2/c1-27(2)23-33-32(24-36-39(33)34(28-15-7-3-8-16-28)29-17-9-4-10-18-29)25-37-40(38-26-32)35(30-19-11-5-12-20-30)31-21-13-6-14-22-31/h27-31H,3-26H2,1-2H3. The average Bonchev–Trinajstić information content (AvgIpc) is 3.32. The lowest BCUT2D eigenvalue weighted by atomic mass is 9.91. The number of hydrogen-bond acceptors (Lipinski definition) is 6. The van der Waals surface area contributed by atoms with Crippen LogP contribution >= 0.6 is 17.0 Å². The Hall–Kier alpha value is 0.620. The summed E-state index contributed by atoms with van der Waals surface area (Å²) in [5, 5.41) is 0. The van der Waals surface area contributed by atoms with Crippen molar-refractivity contribution in [2.45, 2.75) is 172 Å². The van der Waals surface area contributed by atoms with Gasteiger partial charge in [0.15, 0.2) is 8.45 Å². The van der Waals surface area contributed by atoms with E-state index in [0.29, 0.717) is 30.1 Å². The lowest BCUT2D eigenvalue weighted by Crippen LogP contribution is -2.57. The molecule has 6 fully saturated rings. The fraction of sp³-hybridized carbons (Fsp3) is 1.00. The molecule has 2 aliphatic heterocycles. The van der Waals surface area contributed by atoms with Gasteiger partial charge in [0, 0.05) is 30.7 Å². The van der Waals surface area contributed by atoms with Crippen molar-refractivity contribution in [1.82, 2.24) is 14.0 Å². The molecule has 1 spiro atoms. The predicted molar refractivity (Wildman–Crippen MR) is 167 cm³/mol. The first-order chi connectivity index (χ1) is 19.6. The van der Waals surface area contributed by atoms with Gasteiger partial charge in [0.05, 0.1) is 25.4 Å². The van der Waals surface area contributed by atoms with Gasteiger partial charge in [-0.25, -0.2) is 14.0 Å². The Kier molecular flexibility index (Phi) is 11.2. The van der Waals surface area contributed by atoms with E-state index in [1.807, 2.05) is 0 Å². The van der Waals surface area contributed by atoms with Crippen LogP contribution in [0.5, 0.6) is 0 Å². The molecule has 0 aromatic rings. The second-order valence-electron chi connectivity index (χ2n) is 14.4. The molecule has 2 heterocycles. The van der Waals surface area contributed by atoms with Crippen molar-refractivity contribution in [2.24, 2.45) is 5.92 Å². The summed E-state index contributed by atoms with van der Waals surface area (Å²) in [5.74, 6) is 0.604. The highest BCUT2D eigenvalue weighted by atomic mass is 31.2. The monoisotopic (exact) mass is 595 g/mol. The molecule has 0 N–H and O–H groups in total. The highest BCUT2D eigenvalue weighted by molar-refractivity contribution is 7.47. The molecule has 40 heavy (non-hydrogen) atoms. The van der Waals surface area contributed by atoms with Crippen molar-refractivity contribution in [1.29, 1.82) is 0 Å². The normalized spacial score (nSPS) is 35.0. The fourth-order valence-corrected chi connectivity index (χ4v) is 13.6. The topological polar surface area (TPSA) is 37.4 Å². The molecule has 0 aromatic heterocycles. The third kappa shape index (κ3) is 6.96. The molecule has 0 aromatic carbocycles. The van der Waals surface area contributed by atoms with Gasteiger partial charge in [0.2, 0.25) is 0 Å². The first kappa shape index (κ1) is 30.6. The molecule has 6 rings (SSSR count). The Labute approximate surface area is 248 Å². The first-order valence-corrected chi connectivity index (χ1v) is 19.8. The van der Waals surface area contributed by atoms with E-state index in [1.165, 1.54) is 128 Å². The Balaban J connectivity index is 1.20. The summed E-state index contributed by atoms with van der Waals surface area (Å²) in [5.41, 5.74) is -0.124. The van der Waals surface area contributed by atoms with Gasteiger partial charge in [-0.3, -0.25) is 0 Å². The maximum absolute atomic E-state index is 7.01. The van der Waals surface area contributed by atoms with Crippen LogP contribution in [0.25, 0.3) is 0 Å². The van der Waals surface area contributed by atoms with Gasteiger partial charge in [-0.1, -0.05) is 90.9 Å². The summed E-state index contributed by atoms with van der Waals surface area (Å²) in [6.45, 7) is 8.19. The van der Waals surface area contributed by atoms with Crippen LogP contribution < -0.4 is 0 Å². The molecule has 230 valence electrons. The van der Waals surface area contributed by atoms with Crippen LogP contribution in [0.4, 0.5) is 0 Å². The molecule has 8 heteroatoms. The largest absolute Gasteiger partial charge is 0.329 e. The summed E-state index contributed by atoms with van der Waals surface area (Å²) < 4.78 is 29.5. The Bertz CT molecular complexity index is 723. The zero-order chi connectivity index (χ0) is 27.4. The van der Waals surface area contributed by atoms with Crippen molar-refractivity contribution in [3.05, 3.63) is 0 Å². The summed E-state index contributed by atoms with van der Waals surface area (Å²) in [6.07, 6.45) is 27.5. The molecule has 1 atom stereocenters. The van der Waals surface area contributed by atoms with Crippen LogP contribution in [0.2, 0.25) is 0 Å². The van der Waals surface area contributed by atoms with E-state index in [4.69, 9.17) is 13.6 Å². The van der Waals surface area contributed by atoms with Crippen LogP contribution in [-0.2, 0) is 13.6 Å². The van der Waals surface area contributed by atoms with Crippen LogP contribution in [0.1, 0.15) is 142 Å². The molecule has 4 aliphatic carbocycles. The van der Waals surface area contributed by atoms with Crippen molar-refractivity contribution >= 4 is 17.0 Å². The minimum absolute atomic E-state index is 0.124. The van der Waals surface area contributed by atoms with Gasteiger partial charge < -0.3 is 13.6 Å². The van der Waals surface area contributed by atoms with Crippen LogP contribution in [0.15, 0.2) is 0 Å². The number of rotatable bonds is 8. The molecule has 0 amide bonds. The van der Waals surface area contributed by atoms with E-state index >= 15 is 0 Å². The Morgan fingerprint density at radius 1 is 0.575 bits per heavy atom. The van der Waals surface area contributed by atoms with Gasteiger partial charge in [-0.15, -0.1) is 0 Å². The second kappa shape index (κ2) is 14.6. The maximum Gasteiger partial charge on any atom is 0.259 e. The quantitative estimate of drug-likeness (QED) is 0.261. The van der Waals surface area contributed by atoms with Gasteiger partial charge in [-0.05, 0) is 57.3 Å². The molecular weight excluding hydrogens is 536 g/mol. The lowest BCUT2D eigenvalue weighted by Gasteiger charge is -2.51. The molecule has 2 saturated heterocycles. The van der Waals surface area contributed by atoms with E-state index in [-0.39, 0.29) is 5.54 Å². The van der Waals surface area contributed by atoms with Gasteiger partial charge >= 0.3 is 0 Å². The highest BCUT2D eigenvalue weighted by Gasteiger charge is 2.56. The van der Waals surface area contributed by atoms with E-state index in [0.717, 1.165) is 26.4 Å². The van der Waals surface area contributed by atoms with Crippen LogP contribution in [0.3, 0.4) is 0 Å². The van der Waals surface area contributed by atoms with Crippen molar-refractivity contribution < 1.29 is 13.6 Å². The third-order valence-corrected chi connectivity index (χ3v) is 14.9.